The molecule has 0 fully saturated rings. The van der Waals surface area contributed by atoms with Gasteiger partial charge in [-0.25, -0.2) is 17.6 Å². The van der Waals surface area contributed by atoms with Crippen LogP contribution in [0.2, 0.25) is 0 Å². The van der Waals surface area contributed by atoms with Crippen LogP contribution in [0.4, 0.5) is 43.9 Å². The molecule has 160 valence electrons. The van der Waals surface area contributed by atoms with E-state index >= 15 is 0 Å². The maximum Gasteiger partial charge on any atom is 0.426 e. The number of hydrogen-bond donors (Lipinski definition) is 0. The molecule has 0 aromatic heterocycles. The van der Waals surface area contributed by atoms with E-state index in [0.717, 1.165) is 12.1 Å². The van der Waals surface area contributed by atoms with Crippen molar-refractivity contribution in [1.82, 2.24) is 0 Å². The first kappa shape index (κ1) is 23.3. The lowest BCUT2D eigenvalue weighted by molar-refractivity contribution is -0.229. The molecule has 2 unspecified atom stereocenters. The van der Waals surface area contributed by atoms with Crippen molar-refractivity contribution >= 4 is 10.8 Å². The molecule has 0 amide bonds. The van der Waals surface area contributed by atoms with E-state index in [4.69, 9.17) is 0 Å². The second-order valence-corrected chi connectivity index (χ2v) is 6.50. The van der Waals surface area contributed by atoms with Crippen molar-refractivity contribution in [2.24, 2.45) is 0 Å². The number of hydrogen-bond acceptors (Lipinski definition) is 2. The van der Waals surface area contributed by atoms with E-state index < -0.39 is 68.4 Å². The standard InChI is InChI=1S/C18H8F10N2/c1-15(21,17(23,24)25)13-7(5-29)8(6-30)14(16(2,22)18(26,27)28)12-10(20)4-3-9(19)11(12)13/h3-4H,1-2H3. The predicted octanol–water partition coefficient (Wildman–Crippen LogP) is 6.36. The molecule has 2 aromatic carbocycles. The van der Waals surface area contributed by atoms with Gasteiger partial charge in [0.05, 0.1) is 11.1 Å². The Kier molecular flexibility index (Phi) is 5.24. The minimum absolute atomic E-state index is 0.174. The van der Waals surface area contributed by atoms with Gasteiger partial charge in [0.1, 0.15) is 23.8 Å². The van der Waals surface area contributed by atoms with Crippen LogP contribution in [0.25, 0.3) is 10.8 Å². The monoisotopic (exact) mass is 442 g/mol. The molecule has 0 aliphatic heterocycles. The Morgan fingerprint density at radius 3 is 1.10 bits per heavy atom. The summed E-state index contributed by atoms with van der Waals surface area (Å²) in [6, 6.07) is 2.17. The van der Waals surface area contributed by atoms with Crippen LogP contribution in [0.15, 0.2) is 12.1 Å². The lowest BCUT2D eigenvalue weighted by Crippen LogP contribution is -2.39. The molecule has 2 aromatic rings. The van der Waals surface area contributed by atoms with Crippen molar-refractivity contribution in [3.8, 4) is 12.1 Å². The molecule has 2 atom stereocenters. The first-order chi connectivity index (χ1) is 13.4. The van der Waals surface area contributed by atoms with Crippen molar-refractivity contribution in [2.75, 3.05) is 0 Å². The molecule has 2 rings (SSSR count). The lowest BCUT2D eigenvalue weighted by atomic mass is 9.78. The highest BCUT2D eigenvalue weighted by Gasteiger charge is 2.59. The second-order valence-electron chi connectivity index (χ2n) is 6.50. The Hall–Kier alpha value is -3.02. The molecular weight excluding hydrogens is 434 g/mol. The molecule has 2 nitrogen and oxygen atoms in total. The van der Waals surface area contributed by atoms with Gasteiger partial charge < -0.3 is 0 Å². The number of alkyl halides is 8. The predicted molar refractivity (Wildman–Crippen MR) is 82.3 cm³/mol. The van der Waals surface area contributed by atoms with Gasteiger partial charge in [0, 0.05) is 21.9 Å². The Morgan fingerprint density at radius 1 is 0.633 bits per heavy atom. The van der Waals surface area contributed by atoms with E-state index in [1.165, 1.54) is 0 Å². The van der Waals surface area contributed by atoms with E-state index in [9.17, 15) is 54.4 Å². The fraction of sp³-hybridized carbons (Fsp3) is 0.333. The van der Waals surface area contributed by atoms with Crippen molar-refractivity contribution < 1.29 is 43.9 Å². The maximum absolute atomic E-state index is 14.8. The molecular formula is C18H8F10N2. The zero-order valence-electron chi connectivity index (χ0n) is 14.8. The average molecular weight is 442 g/mol. The van der Waals surface area contributed by atoms with E-state index in [1.54, 1.807) is 0 Å². The normalized spacial score (nSPS) is 16.5. The minimum Gasteiger partial charge on any atom is -0.229 e. The summed E-state index contributed by atoms with van der Waals surface area (Å²) in [6.45, 7) is -0.377. The quantitative estimate of drug-likeness (QED) is 0.509. The molecule has 0 bridgehead atoms. The summed E-state index contributed by atoms with van der Waals surface area (Å²) in [4.78, 5) is 0. The van der Waals surface area contributed by atoms with Gasteiger partial charge in [-0.05, 0) is 26.0 Å². The van der Waals surface area contributed by atoms with Crippen LogP contribution in [0.5, 0.6) is 0 Å². The van der Waals surface area contributed by atoms with Crippen LogP contribution in [0.1, 0.15) is 36.1 Å². The number of halogens is 10. The van der Waals surface area contributed by atoms with Gasteiger partial charge in [0.25, 0.3) is 0 Å². The van der Waals surface area contributed by atoms with Crippen LogP contribution in [-0.2, 0) is 11.3 Å². The molecule has 0 radical (unpaired) electrons. The van der Waals surface area contributed by atoms with E-state index in [2.05, 4.69) is 0 Å². The summed E-state index contributed by atoms with van der Waals surface area (Å²) in [5.41, 5.74) is -16.5. The zero-order chi connectivity index (χ0) is 23.4. The third-order valence-electron chi connectivity index (χ3n) is 4.58. The van der Waals surface area contributed by atoms with E-state index in [-0.39, 0.29) is 26.0 Å². The SMILES string of the molecule is CC(F)(c1c(C#N)c(C#N)c(C(C)(F)C(F)(F)F)c2c(F)ccc(F)c12)C(F)(F)F. The van der Waals surface area contributed by atoms with Gasteiger partial charge in [-0.3, -0.25) is 0 Å². The lowest BCUT2D eigenvalue weighted by Gasteiger charge is -2.31. The summed E-state index contributed by atoms with van der Waals surface area (Å²) in [7, 11) is 0. The Morgan fingerprint density at radius 2 is 0.900 bits per heavy atom. The van der Waals surface area contributed by atoms with Gasteiger partial charge >= 0.3 is 12.4 Å². The van der Waals surface area contributed by atoms with E-state index in [0.29, 0.717) is 0 Å². The highest BCUT2D eigenvalue weighted by Crippen LogP contribution is 2.52. The number of rotatable bonds is 2. The first-order valence-electron chi connectivity index (χ1n) is 7.75. The van der Waals surface area contributed by atoms with Gasteiger partial charge in [-0.15, -0.1) is 0 Å². The molecule has 0 saturated heterocycles. The van der Waals surface area contributed by atoms with Crippen molar-refractivity contribution in [1.29, 1.82) is 10.5 Å². The Labute approximate surface area is 161 Å². The number of nitriles is 2. The third-order valence-corrected chi connectivity index (χ3v) is 4.58. The summed E-state index contributed by atoms with van der Waals surface area (Å²) in [6.07, 6.45) is -11.7. The van der Waals surface area contributed by atoms with E-state index in [1.807, 2.05) is 0 Å². The van der Waals surface area contributed by atoms with Gasteiger partial charge in [0.2, 0.25) is 11.3 Å². The minimum atomic E-state index is -5.86. The van der Waals surface area contributed by atoms with Crippen LogP contribution in [0, 0.1) is 34.3 Å². The van der Waals surface area contributed by atoms with Crippen LogP contribution >= 0.6 is 0 Å². The third kappa shape index (κ3) is 3.11. The molecule has 0 saturated carbocycles. The molecule has 0 aliphatic carbocycles. The van der Waals surface area contributed by atoms with Crippen LogP contribution < -0.4 is 0 Å². The molecule has 0 heterocycles. The highest BCUT2D eigenvalue weighted by atomic mass is 19.4. The number of benzene rings is 2. The van der Waals surface area contributed by atoms with Gasteiger partial charge in [-0.1, -0.05) is 0 Å². The van der Waals surface area contributed by atoms with Crippen LogP contribution in [-0.4, -0.2) is 12.4 Å². The number of fused-ring (bicyclic) bond motifs is 1. The topological polar surface area (TPSA) is 47.6 Å². The molecule has 0 aliphatic rings. The second kappa shape index (κ2) is 6.76. The first-order valence-corrected chi connectivity index (χ1v) is 7.75. The zero-order valence-corrected chi connectivity index (χ0v) is 14.8. The highest BCUT2D eigenvalue weighted by molar-refractivity contribution is 5.95. The maximum atomic E-state index is 14.8. The largest absolute Gasteiger partial charge is 0.426 e. The summed E-state index contributed by atoms with van der Waals surface area (Å²) >= 11 is 0. The Bertz CT molecular complexity index is 1020. The van der Waals surface area contributed by atoms with Crippen LogP contribution in [0.3, 0.4) is 0 Å². The van der Waals surface area contributed by atoms with Crippen molar-refractivity contribution in [3.63, 3.8) is 0 Å². The summed E-state index contributed by atoms with van der Waals surface area (Å²) in [5, 5.41) is 15.0. The summed E-state index contributed by atoms with van der Waals surface area (Å²) in [5.74, 6) is -3.70. The summed E-state index contributed by atoms with van der Waals surface area (Å²) < 4.78 is 138. The van der Waals surface area contributed by atoms with Gasteiger partial charge in [-0.2, -0.15) is 36.9 Å². The number of nitrogens with zero attached hydrogens (tertiary/aromatic N) is 2. The fourth-order valence-electron chi connectivity index (χ4n) is 2.99. The Balaban J connectivity index is 3.41. The van der Waals surface area contributed by atoms with Crippen molar-refractivity contribution in [3.05, 3.63) is 46.0 Å². The molecule has 0 spiro atoms. The fourth-order valence-corrected chi connectivity index (χ4v) is 2.99. The van der Waals surface area contributed by atoms with Gasteiger partial charge in [0.15, 0.2) is 0 Å². The molecule has 12 heteroatoms. The molecule has 30 heavy (non-hydrogen) atoms. The average Bonchev–Trinajstić information content (AvgIpc) is 2.60. The molecule has 0 N–H and O–H groups in total. The smallest absolute Gasteiger partial charge is 0.229 e. The van der Waals surface area contributed by atoms with Crippen molar-refractivity contribution in [2.45, 2.75) is 37.5 Å².